The molecule has 2 aliphatic rings. The molecule has 0 atom stereocenters. The van der Waals surface area contributed by atoms with Gasteiger partial charge in [0, 0.05) is 18.0 Å². The minimum atomic E-state index is -0.0166. The van der Waals surface area contributed by atoms with Gasteiger partial charge in [-0.1, -0.05) is 11.6 Å². The summed E-state index contributed by atoms with van der Waals surface area (Å²) in [6.45, 7) is 4.81. The summed E-state index contributed by atoms with van der Waals surface area (Å²) in [4.78, 5) is 11.7. The van der Waals surface area contributed by atoms with Gasteiger partial charge >= 0.3 is 0 Å². The van der Waals surface area contributed by atoms with Crippen molar-refractivity contribution in [1.82, 2.24) is 5.32 Å². The molecule has 4 heteroatoms. The summed E-state index contributed by atoms with van der Waals surface area (Å²) in [7, 11) is 0. The molecule has 1 N–H and O–H groups in total. The Labute approximate surface area is 118 Å². The number of amides is 1. The average Bonchev–Trinajstić information content (AvgIpc) is 3.05. The van der Waals surface area contributed by atoms with Gasteiger partial charge in [-0.2, -0.15) is 0 Å². The highest BCUT2D eigenvalue weighted by atomic mass is 16.7. The van der Waals surface area contributed by atoms with Crippen LogP contribution in [0.5, 0.6) is 11.5 Å². The minimum Gasteiger partial charge on any atom is -0.454 e. The maximum atomic E-state index is 11.7. The molecule has 4 nitrogen and oxygen atoms in total. The first-order valence-corrected chi connectivity index (χ1v) is 6.92. The normalized spacial score (nSPS) is 17.5. The predicted molar refractivity (Wildman–Crippen MR) is 75.9 cm³/mol. The molecule has 20 heavy (non-hydrogen) atoms. The summed E-state index contributed by atoms with van der Waals surface area (Å²) in [6.07, 6.45) is 3.83. The molecule has 106 valence electrons. The highest BCUT2D eigenvalue weighted by Gasteiger charge is 2.44. The number of nitrogens with one attached hydrogen (secondary N) is 1. The van der Waals surface area contributed by atoms with Crippen LogP contribution in [0.2, 0.25) is 0 Å². The van der Waals surface area contributed by atoms with Crippen molar-refractivity contribution in [2.75, 3.05) is 13.3 Å². The number of ether oxygens (including phenoxy) is 2. The van der Waals surface area contributed by atoms with Crippen molar-refractivity contribution >= 4 is 5.91 Å². The van der Waals surface area contributed by atoms with Crippen LogP contribution in [0.15, 0.2) is 29.8 Å². The number of fused-ring (bicyclic) bond motifs is 1. The van der Waals surface area contributed by atoms with Gasteiger partial charge < -0.3 is 14.8 Å². The highest BCUT2D eigenvalue weighted by molar-refractivity contribution is 5.88. The Morgan fingerprint density at radius 3 is 2.75 bits per heavy atom. The van der Waals surface area contributed by atoms with Crippen molar-refractivity contribution in [3.63, 3.8) is 0 Å². The quantitative estimate of drug-likeness (QED) is 0.858. The molecule has 0 radical (unpaired) electrons. The molecule has 0 bridgehead atoms. The van der Waals surface area contributed by atoms with Gasteiger partial charge in [0.25, 0.3) is 0 Å². The van der Waals surface area contributed by atoms with Crippen molar-refractivity contribution in [3.8, 4) is 11.5 Å². The van der Waals surface area contributed by atoms with Crippen LogP contribution in [-0.4, -0.2) is 19.2 Å². The van der Waals surface area contributed by atoms with Crippen molar-refractivity contribution in [3.05, 3.63) is 35.4 Å². The molecule has 1 saturated carbocycles. The molecule has 1 heterocycles. The lowest BCUT2D eigenvalue weighted by Gasteiger charge is -2.16. The van der Waals surface area contributed by atoms with E-state index < -0.39 is 0 Å². The Balaban J connectivity index is 1.70. The van der Waals surface area contributed by atoms with Gasteiger partial charge in [-0.3, -0.25) is 4.79 Å². The van der Waals surface area contributed by atoms with Crippen LogP contribution < -0.4 is 14.8 Å². The van der Waals surface area contributed by atoms with E-state index in [-0.39, 0.29) is 11.3 Å². The van der Waals surface area contributed by atoms with E-state index in [4.69, 9.17) is 9.47 Å². The summed E-state index contributed by atoms with van der Waals surface area (Å²) >= 11 is 0. The lowest BCUT2D eigenvalue weighted by molar-refractivity contribution is -0.116. The molecule has 0 aromatic heterocycles. The van der Waals surface area contributed by atoms with Gasteiger partial charge in [0.15, 0.2) is 11.5 Å². The maximum absolute atomic E-state index is 11.7. The molecular weight excluding hydrogens is 254 g/mol. The van der Waals surface area contributed by atoms with Crippen LogP contribution in [0.4, 0.5) is 0 Å². The van der Waals surface area contributed by atoms with E-state index in [0.717, 1.165) is 29.9 Å². The van der Waals surface area contributed by atoms with E-state index in [0.29, 0.717) is 13.3 Å². The zero-order chi connectivity index (χ0) is 14.2. The third kappa shape index (κ3) is 2.50. The fraction of sp³-hybridized carbons (Fsp3) is 0.438. The Kier molecular flexibility index (Phi) is 3.16. The second kappa shape index (κ2) is 4.85. The Morgan fingerprint density at radius 1 is 1.30 bits per heavy atom. The molecule has 1 fully saturated rings. The molecule has 0 saturated heterocycles. The molecule has 1 amide bonds. The highest BCUT2D eigenvalue weighted by Crippen LogP contribution is 2.49. The Morgan fingerprint density at radius 2 is 2.05 bits per heavy atom. The first-order valence-electron chi connectivity index (χ1n) is 6.92. The van der Waals surface area contributed by atoms with Crippen LogP contribution in [-0.2, 0) is 10.2 Å². The van der Waals surface area contributed by atoms with E-state index in [1.807, 2.05) is 26.0 Å². The Hall–Kier alpha value is -1.97. The molecule has 3 rings (SSSR count). The standard InChI is InChI=1S/C16H19NO3/c1-11(2)7-15(18)17-9-16(5-6-16)12-3-4-13-14(8-12)20-10-19-13/h3-4,7-8H,5-6,9-10H2,1-2H3,(H,17,18). The second-order valence-electron chi connectivity index (χ2n) is 5.79. The summed E-state index contributed by atoms with van der Waals surface area (Å²) in [5, 5.41) is 3.00. The van der Waals surface area contributed by atoms with E-state index in [2.05, 4.69) is 11.4 Å². The predicted octanol–water partition coefficient (Wildman–Crippen LogP) is 2.53. The van der Waals surface area contributed by atoms with E-state index >= 15 is 0 Å². The van der Waals surface area contributed by atoms with Crippen molar-refractivity contribution in [2.45, 2.75) is 32.1 Å². The van der Waals surface area contributed by atoms with E-state index in [1.54, 1.807) is 6.08 Å². The molecule has 0 spiro atoms. The number of benzene rings is 1. The molecule has 1 aromatic carbocycles. The molecule has 1 aromatic rings. The lowest BCUT2D eigenvalue weighted by Crippen LogP contribution is -2.31. The van der Waals surface area contributed by atoms with Crippen molar-refractivity contribution in [1.29, 1.82) is 0 Å². The van der Waals surface area contributed by atoms with Gasteiger partial charge in [-0.05, 0) is 44.4 Å². The van der Waals surface area contributed by atoms with Gasteiger partial charge in [0.1, 0.15) is 0 Å². The first-order chi connectivity index (χ1) is 9.59. The number of carbonyl (C=O) groups is 1. The van der Waals surface area contributed by atoms with Crippen LogP contribution >= 0.6 is 0 Å². The van der Waals surface area contributed by atoms with Gasteiger partial charge in [0.2, 0.25) is 12.7 Å². The average molecular weight is 273 g/mol. The molecule has 1 aliphatic heterocycles. The number of hydrogen-bond donors (Lipinski definition) is 1. The van der Waals surface area contributed by atoms with Gasteiger partial charge in [-0.25, -0.2) is 0 Å². The van der Waals surface area contributed by atoms with Crippen LogP contribution in [0.25, 0.3) is 0 Å². The lowest BCUT2D eigenvalue weighted by atomic mass is 9.95. The van der Waals surface area contributed by atoms with Crippen LogP contribution in [0.3, 0.4) is 0 Å². The van der Waals surface area contributed by atoms with Crippen molar-refractivity contribution in [2.24, 2.45) is 0 Å². The van der Waals surface area contributed by atoms with Gasteiger partial charge in [0.05, 0.1) is 0 Å². The van der Waals surface area contributed by atoms with Gasteiger partial charge in [-0.15, -0.1) is 0 Å². The van der Waals surface area contributed by atoms with E-state index in [9.17, 15) is 4.79 Å². The SMILES string of the molecule is CC(C)=CC(=O)NCC1(c2ccc3c(c2)OCO3)CC1. The summed E-state index contributed by atoms with van der Waals surface area (Å²) in [6, 6.07) is 6.08. The molecule has 0 unspecified atom stereocenters. The van der Waals surface area contributed by atoms with Crippen LogP contribution in [0, 0.1) is 0 Å². The fourth-order valence-corrected chi connectivity index (χ4v) is 2.51. The summed E-state index contributed by atoms with van der Waals surface area (Å²) in [5.41, 5.74) is 2.31. The summed E-state index contributed by atoms with van der Waals surface area (Å²) in [5.74, 6) is 1.60. The topological polar surface area (TPSA) is 47.6 Å². The third-order valence-electron chi connectivity index (χ3n) is 3.86. The van der Waals surface area contributed by atoms with Crippen LogP contribution in [0.1, 0.15) is 32.3 Å². The second-order valence-corrected chi connectivity index (χ2v) is 5.79. The number of allylic oxidation sites excluding steroid dienone is 1. The largest absolute Gasteiger partial charge is 0.454 e. The summed E-state index contributed by atoms with van der Waals surface area (Å²) < 4.78 is 10.7. The third-order valence-corrected chi connectivity index (χ3v) is 3.86. The first kappa shape index (κ1) is 13.0. The number of hydrogen-bond acceptors (Lipinski definition) is 3. The Bertz CT molecular complexity index is 569. The van der Waals surface area contributed by atoms with Crippen molar-refractivity contribution < 1.29 is 14.3 Å². The fourth-order valence-electron chi connectivity index (χ4n) is 2.51. The number of carbonyl (C=O) groups excluding carboxylic acids is 1. The molecule has 1 aliphatic carbocycles. The number of rotatable bonds is 4. The maximum Gasteiger partial charge on any atom is 0.243 e. The van der Waals surface area contributed by atoms with E-state index in [1.165, 1.54) is 5.56 Å². The smallest absolute Gasteiger partial charge is 0.243 e. The zero-order valence-corrected chi connectivity index (χ0v) is 11.9. The monoisotopic (exact) mass is 273 g/mol. The minimum absolute atomic E-state index is 0.0166. The molecular formula is C16H19NO3. The zero-order valence-electron chi connectivity index (χ0n) is 11.9.